The molecule has 0 aromatic heterocycles. The van der Waals surface area contributed by atoms with E-state index in [9.17, 15) is 0 Å². The minimum Gasteiger partial charge on any atom is -0.368 e. The van der Waals surface area contributed by atoms with E-state index >= 15 is 0 Å². The molecule has 1 aliphatic carbocycles. The molecule has 0 amide bonds. The first-order valence-corrected chi connectivity index (χ1v) is 7.80. The Morgan fingerprint density at radius 2 is 2.19 bits per heavy atom. The molecule has 2 atom stereocenters. The predicted octanol–water partition coefficient (Wildman–Crippen LogP) is 4.33. The fourth-order valence-electron chi connectivity index (χ4n) is 3.14. The fraction of sp³-hybridized carbons (Fsp3) is 0.538. The molecular weight excluding hydrogens is 330 g/mol. The summed E-state index contributed by atoms with van der Waals surface area (Å²) in [7, 11) is 0. The van der Waals surface area contributed by atoms with Crippen LogP contribution < -0.4 is 4.90 Å². The van der Waals surface area contributed by atoms with E-state index in [0.29, 0.717) is 0 Å². The Kier molecular flexibility index (Phi) is 3.01. The van der Waals surface area contributed by atoms with Gasteiger partial charge in [-0.15, -0.1) is 0 Å². The van der Waals surface area contributed by atoms with Gasteiger partial charge in [0.05, 0.1) is 0 Å². The molecule has 0 N–H and O–H groups in total. The number of fused-ring (bicyclic) bond motifs is 2. The van der Waals surface area contributed by atoms with Gasteiger partial charge in [0.2, 0.25) is 0 Å². The molecule has 2 aliphatic rings. The lowest BCUT2D eigenvalue weighted by Gasteiger charge is -2.31. The summed E-state index contributed by atoms with van der Waals surface area (Å²) in [4.78, 5) is 2.62. The molecule has 1 aliphatic heterocycles. The molecule has 1 aromatic rings. The average molecular weight is 345 g/mol. The van der Waals surface area contributed by atoms with Crippen LogP contribution in [-0.2, 0) is 5.33 Å². The molecule has 3 heteroatoms. The number of halogens is 2. The zero-order valence-corrected chi connectivity index (χ0v) is 12.3. The van der Waals surface area contributed by atoms with Crippen LogP contribution in [0.4, 0.5) is 5.69 Å². The summed E-state index contributed by atoms with van der Waals surface area (Å²) in [5.74, 6) is 0.951. The SMILES string of the molecule is BrCc1ccc(Br)cc1N1CC2CCC1C2. The van der Waals surface area contributed by atoms with Crippen LogP contribution in [0.25, 0.3) is 0 Å². The topological polar surface area (TPSA) is 3.24 Å². The van der Waals surface area contributed by atoms with Crippen molar-refractivity contribution in [2.75, 3.05) is 11.4 Å². The fourth-order valence-corrected chi connectivity index (χ4v) is 3.96. The lowest BCUT2D eigenvalue weighted by Crippen LogP contribution is -2.32. The lowest BCUT2D eigenvalue weighted by atomic mass is 10.1. The van der Waals surface area contributed by atoms with Gasteiger partial charge in [0.15, 0.2) is 0 Å². The van der Waals surface area contributed by atoms with E-state index in [4.69, 9.17) is 0 Å². The van der Waals surface area contributed by atoms with Gasteiger partial charge >= 0.3 is 0 Å². The number of hydrogen-bond donors (Lipinski definition) is 0. The largest absolute Gasteiger partial charge is 0.368 e. The Hall–Kier alpha value is -0.0200. The van der Waals surface area contributed by atoms with Gasteiger partial charge in [-0.2, -0.15) is 0 Å². The van der Waals surface area contributed by atoms with E-state index in [2.05, 4.69) is 55.0 Å². The van der Waals surface area contributed by atoms with Crippen molar-refractivity contribution >= 4 is 37.5 Å². The third kappa shape index (κ3) is 1.82. The first kappa shape index (κ1) is 11.1. The van der Waals surface area contributed by atoms with Gasteiger partial charge in [0, 0.05) is 28.1 Å². The van der Waals surface area contributed by atoms with E-state index in [1.54, 1.807) is 0 Å². The summed E-state index contributed by atoms with van der Waals surface area (Å²) in [5.41, 5.74) is 2.84. The number of alkyl halides is 1. The molecule has 0 radical (unpaired) electrons. The van der Waals surface area contributed by atoms with Gasteiger partial charge in [-0.3, -0.25) is 0 Å². The molecule has 1 nitrogen and oxygen atoms in total. The summed E-state index contributed by atoms with van der Waals surface area (Å²) >= 11 is 7.17. The second-order valence-electron chi connectivity index (χ2n) is 4.89. The summed E-state index contributed by atoms with van der Waals surface area (Å²) < 4.78 is 1.19. The minimum atomic E-state index is 0.803. The Labute approximate surface area is 113 Å². The number of benzene rings is 1. The molecule has 3 rings (SSSR count). The van der Waals surface area contributed by atoms with Crippen molar-refractivity contribution in [3.05, 3.63) is 28.2 Å². The maximum absolute atomic E-state index is 3.59. The molecule has 1 aromatic carbocycles. The van der Waals surface area contributed by atoms with Gasteiger partial charge in [0.25, 0.3) is 0 Å². The Bertz CT molecular complexity index is 405. The molecule has 16 heavy (non-hydrogen) atoms. The van der Waals surface area contributed by atoms with Gasteiger partial charge < -0.3 is 4.90 Å². The Morgan fingerprint density at radius 1 is 1.31 bits per heavy atom. The van der Waals surface area contributed by atoms with Crippen molar-refractivity contribution in [2.45, 2.75) is 30.6 Å². The predicted molar refractivity (Wildman–Crippen MR) is 75.2 cm³/mol. The van der Waals surface area contributed by atoms with Crippen LogP contribution in [0.2, 0.25) is 0 Å². The van der Waals surface area contributed by atoms with Crippen LogP contribution in [0.5, 0.6) is 0 Å². The molecule has 1 heterocycles. The first-order valence-electron chi connectivity index (χ1n) is 5.89. The average Bonchev–Trinajstić information content (AvgIpc) is 2.90. The third-order valence-electron chi connectivity index (χ3n) is 3.91. The highest BCUT2D eigenvalue weighted by Crippen LogP contribution is 2.42. The summed E-state index contributed by atoms with van der Waals surface area (Å²) in [6.07, 6.45) is 4.24. The number of hydrogen-bond acceptors (Lipinski definition) is 1. The van der Waals surface area contributed by atoms with Crippen molar-refractivity contribution < 1.29 is 0 Å². The van der Waals surface area contributed by atoms with E-state index in [-0.39, 0.29) is 0 Å². The highest BCUT2D eigenvalue weighted by Gasteiger charge is 2.38. The molecule has 2 bridgehead atoms. The smallest absolute Gasteiger partial charge is 0.0421 e. The van der Waals surface area contributed by atoms with Crippen molar-refractivity contribution in [3.63, 3.8) is 0 Å². The second-order valence-corrected chi connectivity index (χ2v) is 6.37. The van der Waals surface area contributed by atoms with Crippen molar-refractivity contribution in [1.29, 1.82) is 0 Å². The summed E-state index contributed by atoms with van der Waals surface area (Å²) in [5, 5.41) is 0.948. The number of nitrogens with zero attached hydrogens (tertiary/aromatic N) is 1. The van der Waals surface area contributed by atoms with Crippen LogP contribution >= 0.6 is 31.9 Å². The summed E-state index contributed by atoms with van der Waals surface area (Å²) in [6, 6.07) is 7.43. The van der Waals surface area contributed by atoms with Crippen LogP contribution in [0.3, 0.4) is 0 Å². The zero-order chi connectivity index (χ0) is 11.1. The Balaban J connectivity index is 1.96. The van der Waals surface area contributed by atoms with Crippen LogP contribution in [0.15, 0.2) is 22.7 Å². The molecule has 2 unspecified atom stereocenters. The summed E-state index contributed by atoms with van der Waals surface area (Å²) in [6.45, 7) is 1.26. The monoisotopic (exact) mass is 343 g/mol. The van der Waals surface area contributed by atoms with Crippen molar-refractivity contribution in [3.8, 4) is 0 Å². The van der Waals surface area contributed by atoms with E-state index < -0.39 is 0 Å². The maximum atomic E-state index is 3.59. The number of rotatable bonds is 2. The van der Waals surface area contributed by atoms with Crippen LogP contribution in [0, 0.1) is 5.92 Å². The van der Waals surface area contributed by atoms with Gasteiger partial charge in [0.1, 0.15) is 0 Å². The Morgan fingerprint density at radius 3 is 2.81 bits per heavy atom. The standard InChI is InChI=1S/C13H15Br2N/c14-7-10-2-3-11(15)6-13(10)16-8-9-1-4-12(16)5-9/h2-3,6,9,12H,1,4-5,7-8H2. The normalized spacial score (nSPS) is 27.8. The van der Waals surface area contributed by atoms with E-state index in [1.807, 2.05) is 0 Å². The van der Waals surface area contributed by atoms with Crippen LogP contribution in [-0.4, -0.2) is 12.6 Å². The highest BCUT2D eigenvalue weighted by molar-refractivity contribution is 9.10. The molecule has 86 valence electrons. The van der Waals surface area contributed by atoms with Gasteiger partial charge in [-0.1, -0.05) is 37.9 Å². The number of anilines is 1. The quantitative estimate of drug-likeness (QED) is 0.721. The molecule has 1 saturated heterocycles. The minimum absolute atomic E-state index is 0.803. The second kappa shape index (κ2) is 4.34. The molecule has 2 fully saturated rings. The lowest BCUT2D eigenvalue weighted by molar-refractivity contribution is 0.553. The molecular formula is C13H15Br2N. The number of piperidine rings is 1. The van der Waals surface area contributed by atoms with E-state index in [1.165, 1.54) is 41.5 Å². The zero-order valence-electron chi connectivity index (χ0n) is 9.13. The first-order chi connectivity index (χ1) is 7.78. The third-order valence-corrected chi connectivity index (χ3v) is 5.01. The van der Waals surface area contributed by atoms with Crippen LogP contribution in [0.1, 0.15) is 24.8 Å². The van der Waals surface area contributed by atoms with Gasteiger partial charge in [-0.05, 0) is 42.9 Å². The molecule has 1 saturated carbocycles. The molecule has 0 spiro atoms. The van der Waals surface area contributed by atoms with Crippen molar-refractivity contribution in [1.82, 2.24) is 0 Å². The maximum Gasteiger partial charge on any atom is 0.0421 e. The van der Waals surface area contributed by atoms with Crippen molar-refractivity contribution in [2.24, 2.45) is 5.92 Å². The van der Waals surface area contributed by atoms with Gasteiger partial charge in [-0.25, -0.2) is 0 Å². The highest BCUT2D eigenvalue weighted by atomic mass is 79.9. The van der Waals surface area contributed by atoms with E-state index in [0.717, 1.165) is 17.3 Å².